The summed E-state index contributed by atoms with van der Waals surface area (Å²) >= 11 is 0. The fourth-order valence-electron chi connectivity index (χ4n) is 1.61. The minimum absolute atomic E-state index is 0.0759. The second-order valence-electron chi connectivity index (χ2n) is 4.68. The molecular formula is C11H22N2O. The molecule has 3 heteroatoms. The number of hydrogen-bond acceptors (Lipinski definition) is 2. The number of carbonyl (C=O) groups excluding carboxylic acids is 1. The van der Waals surface area contributed by atoms with Crippen LogP contribution < -0.4 is 10.6 Å². The second kappa shape index (κ2) is 4.78. The second-order valence-corrected chi connectivity index (χ2v) is 4.68. The smallest absolute Gasteiger partial charge is 0.237 e. The van der Waals surface area contributed by atoms with Gasteiger partial charge in [0.15, 0.2) is 0 Å². The molecule has 0 spiro atoms. The molecular weight excluding hydrogens is 176 g/mol. The van der Waals surface area contributed by atoms with E-state index in [1.54, 1.807) is 0 Å². The van der Waals surface area contributed by atoms with Crippen molar-refractivity contribution in [3.8, 4) is 0 Å². The van der Waals surface area contributed by atoms with E-state index in [4.69, 9.17) is 0 Å². The highest BCUT2D eigenvalue weighted by atomic mass is 16.2. The topological polar surface area (TPSA) is 41.1 Å². The van der Waals surface area contributed by atoms with Crippen molar-refractivity contribution in [2.24, 2.45) is 5.92 Å². The predicted molar refractivity (Wildman–Crippen MR) is 58.1 cm³/mol. The number of rotatable bonds is 5. The highest BCUT2D eigenvalue weighted by Crippen LogP contribution is 2.32. The molecule has 0 bridgehead atoms. The average molecular weight is 198 g/mol. The van der Waals surface area contributed by atoms with Crippen LogP contribution in [0.4, 0.5) is 0 Å². The van der Waals surface area contributed by atoms with Crippen molar-refractivity contribution in [2.75, 3.05) is 0 Å². The van der Waals surface area contributed by atoms with Gasteiger partial charge in [-0.2, -0.15) is 0 Å². The summed E-state index contributed by atoms with van der Waals surface area (Å²) in [7, 11) is 0. The summed E-state index contributed by atoms with van der Waals surface area (Å²) in [6, 6.07) is 0.624. The van der Waals surface area contributed by atoms with E-state index < -0.39 is 0 Å². The Labute approximate surface area is 86.6 Å². The van der Waals surface area contributed by atoms with Crippen molar-refractivity contribution in [3.05, 3.63) is 0 Å². The molecule has 1 fully saturated rings. The van der Waals surface area contributed by atoms with Crippen LogP contribution in [0.25, 0.3) is 0 Å². The fourth-order valence-corrected chi connectivity index (χ4v) is 1.61. The molecule has 0 aliphatic heterocycles. The minimum Gasteiger partial charge on any atom is -0.353 e. The lowest BCUT2D eigenvalue weighted by molar-refractivity contribution is -0.123. The Hall–Kier alpha value is -0.570. The van der Waals surface area contributed by atoms with Crippen LogP contribution in [-0.2, 0) is 4.79 Å². The van der Waals surface area contributed by atoms with Gasteiger partial charge in [-0.05, 0) is 46.5 Å². The van der Waals surface area contributed by atoms with Crippen LogP contribution in [-0.4, -0.2) is 24.0 Å². The largest absolute Gasteiger partial charge is 0.353 e. The van der Waals surface area contributed by atoms with E-state index in [9.17, 15) is 4.79 Å². The Morgan fingerprint density at radius 3 is 2.21 bits per heavy atom. The van der Waals surface area contributed by atoms with Gasteiger partial charge in [0, 0.05) is 12.1 Å². The van der Waals surface area contributed by atoms with Gasteiger partial charge in [0.2, 0.25) is 5.91 Å². The molecule has 1 aliphatic rings. The first-order chi connectivity index (χ1) is 6.50. The maximum absolute atomic E-state index is 11.6. The zero-order chi connectivity index (χ0) is 10.7. The molecule has 2 atom stereocenters. The lowest BCUT2D eigenvalue weighted by Gasteiger charge is -2.20. The number of carbonyl (C=O) groups is 1. The fraction of sp³-hybridized carbons (Fsp3) is 0.909. The van der Waals surface area contributed by atoms with Crippen LogP contribution in [0.2, 0.25) is 0 Å². The van der Waals surface area contributed by atoms with Gasteiger partial charge in [0.25, 0.3) is 0 Å². The maximum atomic E-state index is 11.6. The average Bonchev–Trinajstić information content (AvgIpc) is 2.84. The van der Waals surface area contributed by atoms with Crippen LogP contribution in [0, 0.1) is 5.92 Å². The third-order valence-corrected chi connectivity index (χ3v) is 2.67. The van der Waals surface area contributed by atoms with Crippen molar-refractivity contribution in [3.63, 3.8) is 0 Å². The maximum Gasteiger partial charge on any atom is 0.237 e. The standard InChI is InChI=1S/C11H22N2O/c1-7(2)12-11(14)9(4)13-8(3)10-5-6-10/h7-10,13H,5-6H2,1-4H3,(H,12,14). The van der Waals surface area contributed by atoms with Crippen molar-refractivity contribution in [2.45, 2.75) is 58.7 Å². The Morgan fingerprint density at radius 2 is 1.79 bits per heavy atom. The van der Waals surface area contributed by atoms with Crippen molar-refractivity contribution in [1.82, 2.24) is 10.6 Å². The van der Waals surface area contributed by atoms with Crippen molar-refractivity contribution < 1.29 is 4.79 Å². The summed E-state index contributed by atoms with van der Waals surface area (Å²) in [6.07, 6.45) is 2.62. The van der Waals surface area contributed by atoms with Crippen LogP contribution >= 0.6 is 0 Å². The van der Waals surface area contributed by atoms with E-state index in [2.05, 4.69) is 17.6 Å². The zero-order valence-corrected chi connectivity index (χ0v) is 9.63. The Morgan fingerprint density at radius 1 is 1.21 bits per heavy atom. The van der Waals surface area contributed by atoms with Gasteiger partial charge < -0.3 is 10.6 Å². The quantitative estimate of drug-likeness (QED) is 0.699. The third-order valence-electron chi connectivity index (χ3n) is 2.67. The molecule has 3 nitrogen and oxygen atoms in total. The zero-order valence-electron chi connectivity index (χ0n) is 9.63. The summed E-state index contributed by atoms with van der Waals surface area (Å²) < 4.78 is 0. The summed E-state index contributed by atoms with van der Waals surface area (Å²) in [5.74, 6) is 0.900. The summed E-state index contributed by atoms with van der Waals surface area (Å²) in [5, 5.41) is 6.24. The van der Waals surface area contributed by atoms with Gasteiger partial charge >= 0.3 is 0 Å². The molecule has 0 aromatic carbocycles. The SMILES string of the molecule is CC(C)NC(=O)C(C)NC(C)C1CC1. The van der Waals surface area contributed by atoms with Gasteiger partial charge in [0.05, 0.1) is 6.04 Å². The molecule has 1 saturated carbocycles. The molecule has 2 N–H and O–H groups in total. The van der Waals surface area contributed by atoms with E-state index in [1.807, 2.05) is 20.8 Å². The van der Waals surface area contributed by atoms with Gasteiger partial charge in [0.1, 0.15) is 0 Å². The first-order valence-corrected chi connectivity index (χ1v) is 5.57. The number of hydrogen-bond donors (Lipinski definition) is 2. The van der Waals surface area contributed by atoms with Gasteiger partial charge in [-0.15, -0.1) is 0 Å². The summed E-state index contributed by atoms with van der Waals surface area (Å²) in [4.78, 5) is 11.6. The van der Waals surface area contributed by atoms with Crippen LogP contribution in [0.5, 0.6) is 0 Å². The first kappa shape index (κ1) is 11.5. The number of nitrogens with one attached hydrogen (secondary N) is 2. The molecule has 1 amide bonds. The molecule has 0 heterocycles. The molecule has 0 aromatic heterocycles. The monoisotopic (exact) mass is 198 g/mol. The van der Waals surface area contributed by atoms with E-state index >= 15 is 0 Å². The van der Waals surface area contributed by atoms with E-state index in [0.29, 0.717) is 6.04 Å². The normalized spacial score (nSPS) is 20.6. The first-order valence-electron chi connectivity index (χ1n) is 5.57. The summed E-state index contributed by atoms with van der Waals surface area (Å²) in [6.45, 7) is 8.05. The van der Waals surface area contributed by atoms with Crippen molar-refractivity contribution >= 4 is 5.91 Å². The molecule has 1 aliphatic carbocycles. The molecule has 0 aromatic rings. The van der Waals surface area contributed by atoms with Crippen LogP contribution in [0.1, 0.15) is 40.5 Å². The Kier molecular flexibility index (Phi) is 3.93. The number of amides is 1. The molecule has 2 unspecified atom stereocenters. The van der Waals surface area contributed by atoms with E-state index in [-0.39, 0.29) is 18.0 Å². The van der Waals surface area contributed by atoms with Gasteiger partial charge in [-0.1, -0.05) is 0 Å². The van der Waals surface area contributed by atoms with Crippen molar-refractivity contribution in [1.29, 1.82) is 0 Å². The molecule has 0 radical (unpaired) electrons. The lowest BCUT2D eigenvalue weighted by Crippen LogP contribution is -2.48. The van der Waals surface area contributed by atoms with Gasteiger partial charge in [-0.3, -0.25) is 4.79 Å². The molecule has 1 rings (SSSR count). The van der Waals surface area contributed by atoms with Crippen LogP contribution in [0.3, 0.4) is 0 Å². The highest BCUT2D eigenvalue weighted by molar-refractivity contribution is 5.81. The third kappa shape index (κ3) is 3.66. The lowest BCUT2D eigenvalue weighted by atomic mass is 10.2. The minimum atomic E-state index is -0.0759. The molecule has 82 valence electrons. The molecule has 14 heavy (non-hydrogen) atoms. The van der Waals surface area contributed by atoms with Gasteiger partial charge in [-0.25, -0.2) is 0 Å². The predicted octanol–water partition coefficient (Wildman–Crippen LogP) is 1.29. The van der Waals surface area contributed by atoms with E-state index in [1.165, 1.54) is 12.8 Å². The molecule has 0 saturated heterocycles. The van der Waals surface area contributed by atoms with Crippen LogP contribution in [0.15, 0.2) is 0 Å². The highest BCUT2D eigenvalue weighted by Gasteiger charge is 2.29. The Bertz CT molecular complexity index is 199. The summed E-state index contributed by atoms with van der Waals surface area (Å²) in [5.41, 5.74) is 0. The Balaban J connectivity index is 2.25. The van der Waals surface area contributed by atoms with E-state index in [0.717, 1.165) is 5.92 Å².